The van der Waals surface area contributed by atoms with Crippen LogP contribution in [0.1, 0.15) is 18.2 Å². The fraction of sp³-hybridized carbons (Fsp3) is 0.286. The second-order valence-corrected chi connectivity index (χ2v) is 5.50. The van der Waals surface area contributed by atoms with E-state index in [0.29, 0.717) is 16.9 Å². The second kappa shape index (κ2) is 4.21. The first kappa shape index (κ1) is 13.4. The van der Waals surface area contributed by atoms with Crippen LogP contribution in [0.2, 0.25) is 0 Å². The van der Waals surface area contributed by atoms with Crippen molar-refractivity contribution in [2.24, 2.45) is 17.8 Å². The van der Waals surface area contributed by atoms with E-state index in [1.54, 1.807) is 20.2 Å². The molecule has 2 aromatic rings. The SMILES string of the molecule is Cn1cc2n(c1=O)C[C@@](C)(c1cc(N)ccc1F)N=C2N. The third-order valence-corrected chi connectivity index (χ3v) is 3.81. The number of anilines is 1. The van der Waals surface area contributed by atoms with Gasteiger partial charge in [-0.2, -0.15) is 0 Å². The molecular weight excluding hydrogens is 273 g/mol. The van der Waals surface area contributed by atoms with Crippen molar-refractivity contribution < 1.29 is 4.39 Å². The molecule has 2 heterocycles. The maximum absolute atomic E-state index is 14.1. The molecule has 0 unspecified atom stereocenters. The number of aromatic nitrogens is 2. The summed E-state index contributed by atoms with van der Waals surface area (Å²) in [6.45, 7) is 1.95. The number of fused-ring (bicyclic) bond motifs is 1. The summed E-state index contributed by atoms with van der Waals surface area (Å²) in [6.07, 6.45) is 1.62. The van der Waals surface area contributed by atoms with Crippen LogP contribution in [-0.2, 0) is 19.1 Å². The Morgan fingerprint density at radius 3 is 2.81 bits per heavy atom. The van der Waals surface area contributed by atoms with Gasteiger partial charge in [0.15, 0.2) is 0 Å². The minimum absolute atomic E-state index is 0.210. The first-order valence-corrected chi connectivity index (χ1v) is 6.49. The van der Waals surface area contributed by atoms with Crippen LogP contribution in [-0.4, -0.2) is 15.0 Å². The lowest BCUT2D eigenvalue weighted by Gasteiger charge is -2.31. The molecule has 0 saturated carbocycles. The summed E-state index contributed by atoms with van der Waals surface area (Å²) in [5.74, 6) is -0.209. The van der Waals surface area contributed by atoms with Crippen molar-refractivity contribution in [2.45, 2.75) is 19.0 Å². The lowest BCUT2D eigenvalue weighted by Crippen LogP contribution is -2.41. The quantitative estimate of drug-likeness (QED) is 0.751. The molecule has 0 fully saturated rings. The van der Waals surface area contributed by atoms with Crippen molar-refractivity contribution in [1.29, 1.82) is 0 Å². The molecule has 110 valence electrons. The van der Waals surface area contributed by atoms with Crippen LogP contribution >= 0.6 is 0 Å². The topological polar surface area (TPSA) is 91.3 Å². The molecule has 0 aliphatic carbocycles. The van der Waals surface area contributed by atoms with Gasteiger partial charge in [-0.3, -0.25) is 9.56 Å². The first-order valence-electron chi connectivity index (χ1n) is 6.49. The summed E-state index contributed by atoms with van der Waals surface area (Å²) in [4.78, 5) is 16.5. The summed E-state index contributed by atoms with van der Waals surface area (Å²) < 4.78 is 17.1. The number of nitrogens with zero attached hydrogens (tertiary/aromatic N) is 3. The van der Waals surface area contributed by atoms with Crippen molar-refractivity contribution in [3.63, 3.8) is 0 Å². The largest absolute Gasteiger partial charge is 0.399 e. The number of halogens is 1. The number of benzene rings is 1. The summed E-state index contributed by atoms with van der Waals surface area (Å²) >= 11 is 0. The number of amidine groups is 1. The number of nitrogens with two attached hydrogens (primary N) is 2. The third kappa shape index (κ3) is 1.93. The van der Waals surface area contributed by atoms with Crippen LogP contribution in [0, 0.1) is 5.82 Å². The molecule has 1 aromatic carbocycles. The van der Waals surface area contributed by atoms with Crippen molar-refractivity contribution in [3.05, 3.63) is 52.0 Å². The van der Waals surface area contributed by atoms with Crippen molar-refractivity contribution >= 4 is 11.5 Å². The minimum Gasteiger partial charge on any atom is -0.399 e. The molecule has 7 heteroatoms. The zero-order valence-electron chi connectivity index (χ0n) is 11.8. The van der Waals surface area contributed by atoms with Gasteiger partial charge in [0.25, 0.3) is 0 Å². The Hall–Kier alpha value is -2.57. The molecule has 3 rings (SSSR count). The Bertz CT molecular complexity index is 819. The molecule has 4 N–H and O–H groups in total. The molecule has 0 spiro atoms. The molecule has 0 radical (unpaired) electrons. The lowest BCUT2D eigenvalue weighted by molar-refractivity contribution is 0.377. The fourth-order valence-corrected chi connectivity index (χ4v) is 2.73. The highest BCUT2D eigenvalue weighted by atomic mass is 19.1. The molecule has 6 nitrogen and oxygen atoms in total. The van der Waals surface area contributed by atoms with Crippen LogP contribution in [0.5, 0.6) is 0 Å². The van der Waals surface area contributed by atoms with Gasteiger partial charge in [-0.05, 0) is 25.1 Å². The third-order valence-electron chi connectivity index (χ3n) is 3.81. The van der Waals surface area contributed by atoms with E-state index in [1.165, 1.54) is 27.3 Å². The Balaban J connectivity index is 2.20. The number of nitrogen functional groups attached to an aromatic ring is 1. The molecule has 21 heavy (non-hydrogen) atoms. The summed E-state index contributed by atoms with van der Waals surface area (Å²) in [6, 6.07) is 4.31. The van der Waals surface area contributed by atoms with Gasteiger partial charge >= 0.3 is 5.69 Å². The number of imidazole rings is 1. The van der Waals surface area contributed by atoms with E-state index >= 15 is 0 Å². The number of aryl methyl sites for hydroxylation is 1. The Morgan fingerprint density at radius 2 is 2.10 bits per heavy atom. The smallest absolute Gasteiger partial charge is 0.328 e. The van der Waals surface area contributed by atoms with Gasteiger partial charge in [0.2, 0.25) is 0 Å². The van der Waals surface area contributed by atoms with E-state index in [-0.39, 0.29) is 18.1 Å². The van der Waals surface area contributed by atoms with Crippen LogP contribution in [0.3, 0.4) is 0 Å². The molecule has 0 bridgehead atoms. The average Bonchev–Trinajstić information content (AvgIpc) is 2.70. The second-order valence-electron chi connectivity index (χ2n) is 5.50. The van der Waals surface area contributed by atoms with Crippen LogP contribution < -0.4 is 17.2 Å². The van der Waals surface area contributed by atoms with Gasteiger partial charge in [-0.25, -0.2) is 9.18 Å². The van der Waals surface area contributed by atoms with Gasteiger partial charge in [0.05, 0.1) is 6.54 Å². The van der Waals surface area contributed by atoms with Crippen molar-refractivity contribution in [3.8, 4) is 0 Å². The number of aliphatic imine (C=N–C) groups is 1. The first-order chi connectivity index (χ1) is 9.82. The number of hydrogen-bond donors (Lipinski definition) is 2. The molecule has 1 atom stereocenters. The van der Waals surface area contributed by atoms with Crippen molar-refractivity contribution in [2.75, 3.05) is 5.73 Å². The van der Waals surface area contributed by atoms with Crippen LogP contribution in [0.25, 0.3) is 0 Å². The molecule has 1 aliphatic rings. The van der Waals surface area contributed by atoms with E-state index in [2.05, 4.69) is 4.99 Å². The van der Waals surface area contributed by atoms with E-state index in [9.17, 15) is 9.18 Å². The van der Waals surface area contributed by atoms with Gasteiger partial charge < -0.3 is 16.0 Å². The van der Waals surface area contributed by atoms with Gasteiger partial charge in [-0.15, -0.1) is 0 Å². The zero-order valence-corrected chi connectivity index (χ0v) is 11.8. The summed E-state index contributed by atoms with van der Waals surface area (Å²) in [5.41, 5.74) is 11.8. The predicted octanol–water partition coefficient (Wildman–Crippen LogP) is 0.542. The Morgan fingerprint density at radius 1 is 1.38 bits per heavy atom. The fourth-order valence-electron chi connectivity index (χ4n) is 2.73. The van der Waals surface area contributed by atoms with Crippen LogP contribution in [0.4, 0.5) is 10.1 Å². The highest BCUT2D eigenvalue weighted by Crippen LogP contribution is 2.33. The van der Waals surface area contributed by atoms with Crippen LogP contribution in [0.15, 0.2) is 34.2 Å². The maximum atomic E-state index is 14.1. The average molecular weight is 289 g/mol. The predicted molar refractivity (Wildman–Crippen MR) is 78.6 cm³/mol. The van der Waals surface area contributed by atoms with E-state index in [4.69, 9.17) is 11.5 Å². The molecule has 1 aromatic heterocycles. The normalized spacial score (nSPS) is 21.0. The highest BCUT2D eigenvalue weighted by Gasteiger charge is 2.35. The monoisotopic (exact) mass is 289 g/mol. The molecule has 0 amide bonds. The van der Waals surface area contributed by atoms with Crippen molar-refractivity contribution in [1.82, 2.24) is 9.13 Å². The lowest BCUT2D eigenvalue weighted by atomic mass is 9.90. The Kier molecular flexibility index (Phi) is 2.69. The number of rotatable bonds is 1. The van der Waals surface area contributed by atoms with E-state index < -0.39 is 11.4 Å². The summed E-state index contributed by atoms with van der Waals surface area (Å²) in [7, 11) is 1.64. The summed E-state index contributed by atoms with van der Waals surface area (Å²) in [5, 5.41) is 0. The van der Waals surface area contributed by atoms with E-state index in [1.807, 2.05) is 0 Å². The van der Waals surface area contributed by atoms with Gasteiger partial charge in [-0.1, -0.05) is 0 Å². The molecular formula is C14H16FN5O. The van der Waals surface area contributed by atoms with Gasteiger partial charge in [0, 0.05) is 24.5 Å². The Labute approximate surface area is 120 Å². The maximum Gasteiger partial charge on any atom is 0.328 e. The standard InChI is InChI=1S/C14H16FN5O/c1-14(9-5-8(16)3-4-10(9)15)7-20-11(12(17)18-14)6-19(2)13(20)21/h3-6H,7,16H2,1-2H3,(H2,17,18)/t14-/m0/s1. The molecule has 0 saturated heterocycles. The van der Waals surface area contributed by atoms with E-state index in [0.717, 1.165) is 0 Å². The van der Waals surface area contributed by atoms with Gasteiger partial charge in [0.1, 0.15) is 22.9 Å². The minimum atomic E-state index is -0.971. The zero-order chi connectivity index (χ0) is 15.4. The number of hydrogen-bond acceptors (Lipinski definition) is 4. The highest BCUT2D eigenvalue weighted by molar-refractivity contribution is 5.96. The molecule has 1 aliphatic heterocycles.